The molecule has 5 heteroatoms. The topological polar surface area (TPSA) is 66.8 Å². The smallest absolute Gasteiger partial charge is 0.305 e. The van der Waals surface area contributed by atoms with Crippen LogP contribution in [0.15, 0.2) is 0 Å². The van der Waals surface area contributed by atoms with E-state index in [4.69, 9.17) is 9.84 Å². The summed E-state index contributed by atoms with van der Waals surface area (Å²) < 4.78 is 4.76. The van der Waals surface area contributed by atoms with Gasteiger partial charge in [-0.15, -0.1) is 0 Å². The van der Waals surface area contributed by atoms with Crippen molar-refractivity contribution in [2.45, 2.75) is 32.6 Å². The largest absolute Gasteiger partial charge is 0.481 e. The van der Waals surface area contributed by atoms with E-state index in [0.29, 0.717) is 6.54 Å². The zero-order valence-corrected chi connectivity index (χ0v) is 10.1. The second-order valence-electron chi connectivity index (χ2n) is 3.66. The van der Waals surface area contributed by atoms with Gasteiger partial charge in [-0.3, -0.25) is 9.59 Å². The lowest BCUT2D eigenvalue weighted by molar-refractivity contribution is -0.139. The lowest BCUT2D eigenvalue weighted by Crippen LogP contribution is -2.36. The lowest BCUT2D eigenvalue weighted by atomic mass is 10.2. The molecule has 0 radical (unpaired) electrons. The van der Waals surface area contributed by atoms with Crippen LogP contribution in [0.3, 0.4) is 0 Å². The molecule has 0 aromatic rings. The van der Waals surface area contributed by atoms with Gasteiger partial charge >= 0.3 is 5.97 Å². The van der Waals surface area contributed by atoms with Crippen molar-refractivity contribution in [2.24, 2.45) is 0 Å². The first-order valence-electron chi connectivity index (χ1n) is 5.60. The maximum absolute atomic E-state index is 11.6. The number of amides is 1. The number of rotatable bonds is 9. The molecular formula is C11H21NO4. The van der Waals surface area contributed by atoms with Crippen molar-refractivity contribution in [2.75, 3.05) is 26.8 Å². The molecule has 0 spiro atoms. The number of ether oxygens (including phenoxy) is 1. The van der Waals surface area contributed by atoms with Crippen molar-refractivity contribution >= 4 is 11.9 Å². The van der Waals surface area contributed by atoms with Crippen molar-refractivity contribution in [1.29, 1.82) is 0 Å². The minimum Gasteiger partial charge on any atom is -0.481 e. The summed E-state index contributed by atoms with van der Waals surface area (Å²) in [6.45, 7) is 2.98. The van der Waals surface area contributed by atoms with Gasteiger partial charge in [0.25, 0.3) is 0 Å². The molecule has 16 heavy (non-hydrogen) atoms. The molecule has 94 valence electrons. The molecule has 5 nitrogen and oxygen atoms in total. The average molecular weight is 231 g/mol. The van der Waals surface area contributed by atoms with Crippen LogP contribution in [0, 0.1) is 0 Å². The van der Waals surface area contributed by atoms with Crippen LogP contribution in [0.2, 0.25) is 0 Å². The molecule has 0 aromatic heterocycles. The standard InChI is InChI=1S/C11H21NO4/c1-3-4-5-7-12(8-6-11(14)15)10(13)9-16-2/h3-9H2,1-2H3,(H,14,15). The Morgan fingerprint density at radius 3 is 2.44 bits per heavy atom. The third kappa shape index (κ3) is 7.23. The van der Waals surface area contributed by atoms with Crippen molar-refractivity contribution in [3.05, 3.63) is 0 Å². The molecule has 0 aliphatic carbocycles. The summed E-state index contributed by atoms with van der Waals surface area (Å²) in [6.07, 6.45) is 3.02. The normalized spacial score (nSPS) is 10.1. The molecule has 0 unspecified atom stereocenters. The highest BCUT2D eigenvalue weighted by molar-refractivity contribution is 5.78. The summed E-state index contributed by atoms with van der Waals surface area (Å²) in [5, 5.41) is 8.58. The summed E-state index contributed by atoms with van der Waals surface area (Å²) in [5.74, 6) is -1.02. The van der Waals surface area contributed by atoms with Crippen molar-refractivity contribution in [1.82, 2.24) is 4.90 Å². The van der Waals surface area contributed by atoms with Crippen molar-refractivity contribution < 1.29 is 19.4 Å². The zero-order valence-electron chi connectivity index (χ0n) is 10.1. The molecule has 0 aromatic carbocycles. The minimum absolute atomic E-state index is 0.0123. The molecule has 0 rings (SSSR count). The zero-order chi connectivity index (χ0) is 12.4. The number of carbonyl (C=O) groups is 2. The summed E-state index contributed by atoms with van der Waals surface area (Å²) in [4.78, 5) is 23.6. The predicted octanol–water partition coefficient (Wildman–Crippen LogP) is 1.13. The molecule has 1 N–H and O–H groups in total. The Kier molecular flexibility index (Phi) is 8.52. The lowest BCUT2D eigenvalue weighted by Gasteiger charge is -2.21. The molecule has 0 heterocycles. The SMILES string of the molecule is CCCCCN(CCC(=O)O)C(=O)COC. The van der Waals surface area contributed by atoms with E-state index < -0.39 is 5.97 Å². The van der Waals surface area contributed by atoms with E-state index in [0.717, 1.165) is 19.3 Å². The fraction of sp³-hybridized carbons (Fsp3) is 0.818. The van der Waals surface area contributed by atoms with Crippen LogP contribution in [0.1, 0.15) is 32.6 Å². The van der Waals surface area contributed by atoms with Crippen molar-refractivity contribution in [3.8, 4) is 0 Å². The fourth-order valence-electron chi connectivity index (χ4n) is 1.36. The number of nitrogens with zero attached hydrogens (tertiary/aromatic N) is 1. The molecule has 0 atom stereocenters. The molecule has 0 aliphatic rings. The first-order chi connectivity index (χ1) is 7.61. The van der Waals surface area contributed by atoms with E-state index in [1.807, 2.05) is 0 Å². The minimum atomic E-state index is -0.884. The van der Waals surface area contributed by atoms with Crippen LogP contribution in [-0.4, -0.2) is 48.7 Å². The van der Waals surface area contributed by atoms with Crippen LogP contribution in [0.4, 0.5) is 0 Å². The third-order valence-corrected chi connectivity index (χ3v) is 2.25. The Labute approximate surface area is 96.4 Å². The predicted molar refractivity (Wildman–Crippen MR) is 60.2 cm³/mol. The van der Waals surface area contributed by atoms with Gasteiger partial charge in [0.1, 0.15) is 6.61 Å². The number of carboxylic acids is 1. The number of carboxylic acid groups (broad SMARTS) is 1. The molecule has 1 amide bonds. The Morgan fingerprint density at radius 1 is 1.25 bits per heavy atom. The van der Waals surface area contributed by atoms with E-state index >= 15 is 0 Å². The van der Waals surface area contributed by atoms with E-state index in [1.54, 1.807) is 4.90 Å². The Hall–Kier alpha value is -1.10. The van der Waals surface area contributed by atoms with Gasteiger partial charge in [-0.2, -0.15) is 0 Å². The summed E-state index contributed by atoms with van der Waals surface area (Å²) in [7, 11) is 1.46. The van der Waals surface area contributed by atoms with Gasteiger partial charge < -0.3 is 14.7 Å². The highest BCUT2D eigenvalue weighted by Gasteiger charge is 2.13. The highest BCUT2D eigenvalue weighted by atomic mass is 16.5. The van der Waals surface area contributed by atoms with Gasteiger partial charge in [0.05, 0.1) is 6.42 Å². The van der Waals surface area contributed by atoms with Crippen LogP contribution < -0.4 is 0 Å². The number of methoxy groups -OCH3 is 1. The molecule has 0 saturated heterocycles. The second-order valence-corrected chi connectivity index (χ2v) is 3.66. The van der Waals surface area contributed by atoms with Gasteiger partial charge in [0.15, 0.2) is 0 Å². The first-order valence-corrected chi connectivity index (χ1v) is 5.60. The maximum atomic E-state index is 11.6. The Bertz CT molecular complexity index is 218. The van der Waals surface area contributed by atoms with Gasteiger partial charge in [0.2, 0.25) is 5.91 Å². The van der Waals surface area contributed by atoms with Gasteiger partial charge in [-0.05, 0) is 6.42 Å². The number of carbonyl (C=O) groups excluding carboxylic acids is 1. The summed E-state index contributed by atoms with van der Waals surface area (Å²) in [6, 6.07) is 0. The monoisotopic (exact) mass is 231 g/mol. The number of hydrogen-bond acceptors (Lipinski definition) is 3. The highest BCUT2D eigenvalue weighted by Crippen LogP contribution is 2.01. The summed E-state index contributed by atoms with van der Waals surface area (Å²) in [5.41, 5.74) is 0. The van der Waals surface area contributed by atoms with E-state index in [9.17, 15) is 9.59 Å². The average Bonchev–Trinajstić information content (AvgIpc) is 2.23. The second kappa shape index (κ2) is 9.15. The van der Waals surface area contributed by atoms with E-state index in [2.05, 4.69) is 6.92 Å². The number of aliphatic carboxylic acids is 1. The van der Waals surface area contributed by atoms with E-state index in [1.165, 1.54) is 7.11 Å². The maximum Gasteiger partial charge on any atom is 0.305 e. The molecular weight excluding hydrogens is 210 g/mol. The van der Waals surface area contributed by atoms with Crippen LogP contribution >= 0.6 is 0 Å². The molecule has 0 aliphatic heterocycles. The fourth-order valence-corrected chi connectivity index (χ4v) is 1.36. The molecule has 0 saturated carbocycles. The van der Waals surface area contributed by atoms with Gasteiger partial charge in [-0.25, -0.2) is 0 Å². The van der Waals surface area contributed by atoms with E-state index in [-0.39, 0.29) is 25.5 Å². The van der Waals surface area contributed by atoms with Crippen molar-refractivity contribution in [3.63, 3.8) is 0 Å². The van der Waals surface area contributed by atoms with Gasteiger partial charge in [-0.1, -0.05) is 19.8 Å². The number of unbranched alkanes of at least 4 members (excludes halogenated alkanes) is 2. The first kappa shape index (κ1) is 14.9. The quantitative estimate of drug-likeness (QED) is 0.604. The summed E-state index contributed by atoms with van der Waals surface area (Å²) >= 11 is 0. The van der Waals surface area contributed by atoms with Crippen LogP contribution in [0.5, 0.6) is 0 Å². The Balaban J connectivity index is 4.04. The molecule has 0 fully saturated rings. The molecule has 0 bridgehead atoms. The van der Waals surface area contributed by atoms with Gasteiger partial charge in [0, 0.05) is 20.2 Å². The van der Waals surface area contributed by atoms with Crippen LogP contribution in [-0.2, 0) is 14.3 Å². The third-order valence-electron chi connectivity index (χ3n) is 2.25. The Morgan fingerprint density at radius 2 is 1.94 bits per heavy atom. The van der Waals surface area contributed by atoms with Crippen LogP contribution in [0.25, 0.3) is 0 Å². The number of hydrogen-bond donors (Lipinski definition) is 1.